The van der Waals surface area contributed by atoms with E-state index in [0.717, 1.165) is 6.42 Å². The zero-order valence-corrected chi connectivity index (χ0v) is 7.84. The second kappa shape index (κ2) is 2.59. The normalized spacial score (nSPS) is 47.7. The van der Waals surface area contributed by atoms with Crippen LogP contribution in [0.5, 0.6) is 0 Å². The molecule has 1 heteroatoms. The van der Waals surface area contributed by atoms with Crippen LogP contribution in [0.15, 0.2) is 12.2 Å². The topological polar surface area (TPSA) is 20.2 Å². The number of rotatable bonds is 0. The van der Waals surface area contributed by atoms with Crippen LogP contribution in [-0.2, 0) is 0 Å². The van der Waals surface area contributed by atoms with E-state index in [4.69, 9.17) is 0 Å². The fourth-order valence-corrected chi connectivity index (χ4v) is 3.09. The Hall–Kier alpha value is -0.300. The van der Waals surface area contributed by atoms with Gasteiger partial charge in [-0.1, -0.05) is 25.0 Å². The van der Waals surface area contributed by atoms with Gasteiger partial charge in [0.15, 0.2) is 0 Å². The fourth-order valence-electron chi connectivity index (χ4n) is 3.09. The van der Waals surface area contributed by atoms with E-state index in [0.29, 0.717) is 11.8 Å². The summed E-state index contributed by atoms with van der Waals surface area (Å²) < 4.78 is 0. The Morgan fingerprint density at radius 3 is 2.75 bits per heavy atom. The molecular weight excluding hydrogens is 148 g/mol. The highest BCUT2D eigenvalue weighted by atomic mass is 16.3. The Labute approximate surface area is 74.5 Å². The van der Waals surface area contributed by atoms with Crippen molar-refractivity contribution in [2.45, 2.75) is 44.6 Å². The van der Waals surface area contributed by atoms with Gasteiger partial charge in [-0.2, -0.15) is 0 Å². The SMILES string of the molecule is C=C1C[C@@](C)(O)[C@H]2CCCC[C@@H]12. The van der Waals surface area contributed by atoms with E-state index in [1.807, 2.05) is 6.92 Å². The van der Waals surface area contributed by atoms with Crippen LogP contribution in [0.4, 0.5) is 0 Å². The van der Waals surface area contributed by atoms with Crippen LogP contribution in [0.3, 0.4) is 0 Å². The molecule has 2 rings (SSSR count). The lowest BCUT2D eigenvalue weighted by Gasteiger charge is -2.32. The third kappa shape index (κ3) is 1.11. The molecular formula is C11H18O. The van der Waals surface area contributed by atoms with E-state index < -0.39 is 5.60 Å². The van der Waals surface area contributed by atoms with Gasteiger partial charge in [-0.05, 0) is 38.0 Å². The monoisotopic (exact) mass is 166 g/mol. The Morgan fingerprint density at radius 1 is 1.42 bits per heavy atom. The summed E-state index contributed by atoms with van der Waals surface area (Å²) in [6.07, 6.45) is 5.93. The van der Waals surface area contributed by atoms with Gasteiger partial charge in [-0.15, -0.1) is 0 Å². The molecule has 2 aliphatic rings. The van der Waals surface area contributed by atoms with Gasteiger partial charge >= 0.3 is 0 Å². The average Bonchev–Trinajstić information content (AvgIpc) is 2.25. The molecule has 2 fully saturated rings. The van der Waals surface area contributed by atoms with Crippen molar-refractivity contribution in [2.75, 3.05) is 0 Å². The van der Waals surface area contributed by atoms with Gasteiger partial charge in [-0.3, -0.25) is 0 Å². The second-order valence-corrected chi connectivity index (χ2v) is 4.69. The molecule has 0 saturated heterocycles. The van der Waals surface area contributed by atoms with Crippen LogP contribution >= 0.6 is 0 Å². The molecule has 2 saturated carbocycles. The summed E-state index contributed by atoms with van der Waals surface area (Å²) in [5, 5.41) is 10.1. The first-order valence-corrected chi connectivity index (χ1v) is 5.01. The van der Waals surface area contributed by atoms with Gasteiger partial charge in [0.25, 0.3) is 0 Å². The predicted octanol–water partition coefficient (Wildman–Crippen LogP) is 2.50. The Kier molecular flexibility index (Phi) is 1.80. The van der Waals surface area contributed by atoms with E-state index >= 15 is 0 Å². The molecule has 1 nitrogen and oxygen atoms in total. The van der Waals surface area contributed by atoms with Gasteiger partial charge in [0, 0.05) is 0 Å². The maximum absolute atomic E-state index is 10.1. The zero-order valence-electron chi connectivity index (χ0n) is 7.84. The number of hydrogen-bond donors (Lipinski definition) is 1. The summed E-state index contributed by atoms with van der Waals surface area (Å²) in [5.74, 6) is 1.15. The van der Waals surface area contributed by atoms with Gasteiger partial charge in [0.1, 0.15) is 0 Å². The quantitative estimate of drug-likeness (QED) is 0.548. The molecule has 0 aromatic heterocycles. The van der Waals surface area contributed by atoms with Gasteiger partial charge in [0.05, 0.1) is 5.60 Å². The Balaban J connectivity index is 2.22. The molecule has 0 aromatic rings. The summed E-state index contributed by atoms with van der Waals surface area (Å²) in [7, 11) is 0. The molecule has 0 amide bonds. The van der Waals surface area contributed by atoms with Crippen molar-refractivity contribution >= 4 is 0 Å². The maximum Gasteiger partial charge on any atom is 0.0690 e. The van der Waals surface area contributed by atoms with E-state index in [1.165, 1.54) is 31.3 Å². The third-order valence-electron chi connectivity index (χ3n) is 3.67. The molecule has 12 heavy (non-hydrogen) atoms. The lowest BCUT2D eigenvalue weighted by molar-refractivity contribution is -0.00194. The molecule has 0 spiro atoms. The molecule has 0 heterocycles. The maximum atomic E-state index is 10.1. The Bertz CT molecular complexity index is 205. The molecule has 0 aromatic carbocycles. The molecule has 1 N–H and O–H groups in total. The summed E-state index contributed by atoms with van der Waals surface area (Å²) >= 11 is 0. The van der Waals surface area contributed by atoms with E-state index in [9.17, 15) is 5.11 Å². The summed E-state index contributed by atoms with van der Waals surface area (Å²) in [6.45, 7) is 6.05. The minimum absolute atomic E-state index is 0.442. The molecule has 0 unspecified atom stereocenters. The number of aliphatic hydroxyl groups is 1. The minimum Gasteiger partial charge on any atom is -0.390 e. The first-order valence-electron chi connectivity index (χ1n) is 5.01. The highest BCUT2D eigenvalue weighted by molar-refractivity contribution is 5.17. The molecule has 0 radical (unpaired) electrons. The van der Waals surface area contributed by atoms with Gasteiger partial charge < -0.3 is 5.11 Å². The average molecular weight is 166 g/mol. The molecule has 3 atom stereocenters. The van der Waals surface area contributed by atoms with Crippen molar-refractivity contribution in [1.29, 1.82) is 0 Å². The Morgan fingerprint density at radius 2 is 2.08 bits per heavy atom. The van der Waals surface area contributed by atoms with Crippen LogP contribution in [0.1, 0.15) is 39.0 Å². The van der Waals surface area contributed by atoms with Crippen molar-refractivity contribution in [1.82, 2.24) is 0 Å². The minimum atomic E-state index is -0.442. The summed E-state index contributed by atoms with van der Waals surface area (Å²) in [5.41, 5.74) is 0.854. The van der Waals surface area contributed by atoms with Crippen molar-refractivity contribution in [3.8, 4) is 0 Å². The fraction of sp³-hybridized carbons (Fsp3) is 0.818. The highest BCUT2D eigenvalue weighted by Crippen LogP contribution is 2.50. The van der Waals surface area contributed by atoms with Crippen LogP contribution in [0, 0.1) is 11.8 Å². The largest absolute Gasteiger partial charge is 0.390 e. The highest BCUT2D eigenvalue weighted by Gasteiger charge is 2.46. The van der Waals surface area contributed by atoms with E-state index in [1.54, 1.807) is 0 Å². The third-order valence-corrected chi connectivity index (χ3v) is 3.67. The predicted molar refractivity (Wildman–Crippen MR) is 49.8 cm³/mol. The van der Waals surface area contributed by atoms with Gasteiger partial charge in [0.2, 0.25) is 0 Å². The van der Waals surface area contributed by atoms with E-state index in [-0.39, 0.29) is 0 Å². The van der Waals surface area contributed by atoms with Crippen molar-refractivity contribution in [3.05, 3.63) is 12.2 Å². The van der Waals surface area contributed by atoms with Crippen molar-refractivity contribution < 1.29 is 5.11 Å². The molecule has 2 aliphatic carbocycles. The summed E-state index contributed by atoms with van der Waals surface area (Å²) in [6, 6.07) is 0. The van der Waals surface area contributed by atoms with Gasteiger partial charge in [-0.25, -0.2) is 0 Å². The zero-order chi connectivity index (χ0) is 8.77. The van der Waals surface area contributed by atoms with Crippen LogP contribution in [0.2, 0.25) is 0 Å². The molecule has 0 aliphatic heterocycles. The smallest absolute Gasteiger partial charge is 0.0690 e. The first-order chi connectivity index (χ1) is 5.61. The first kappa shape index (κ1) is 8.31. The molecule has 68 valence electrons. The van der Waals surface area contributed by atoms with Crippen LogP contribution in [0.25, 0.3) is 0 Å². The lowest BCUT2D eigenvalue weighted by atomic mass is 9.76. The van der Waals surface area contributed by atoms with Crippen molar-refractivity contribution in [3.63, 3.8) is 0 Å². The standard InChI is InChI=1S/C11H18O/c1-8-7-11(2,12)10-6-4-3-5-9(8)10/h9-10,12H,1,3-7H2,2H3/t9-,10-,11+/m0/s1. The van der Waals surface area contributed by atoms with Crippen LogP contribution in [-0.4, -0.2) is 10.7 Å². The van der Waals surface area contributed by atoms with E-state index in [2.05, 4.69) is 6.58 Å². The van der Waals surface area contributed by atoms with Crippen LogP contribution < -0.4 is 0 Å². The summed E-state index contributed by atoms with van der Waals surface area (Å²) in [4.78, 5) is 0. The number of fused-ring (bicyclic) bond motifs is 1. The lowest BCUT2D eigenvalue weighted by Crippen LogP contribution is -2.33. The number of hydrogen-bond acceptors (Lipinski definition) is 1. The molecule has 0 bridgehead atoms. The van der Waals surface area contributed by atoms with Crippen molar-refractivity contribution in [2.24, 2.45) is 11.8 Å². The second-order valence-electron chi connectivity index (χ2n) is 4.69.